The Labute approximate surface area is 129 Å². The molecule has 0 saturated heterocycles. The molecule has 0 amide bonds. The van der Waals surface area contributed by atoms with Gasteiger partial charge in [-0.3, -0.25) is 0 Å². The highest BCUT2D eigenvalue weighted by molar-refractivity contribution is 5.30. The predicted molar refractivity (Wildman–Crippen MR) is 87.6 cm³/mol. The van der Waals surface area contributed by atoms with Crippen LogP contribution in [0, 0.1) is 17.8 Å². The summed E-state index contributed by atoms with van der Waals surface area (Å²) in [7, 11) is 1.73. The summed E-state index contributed by atoms with van der Waals surface area (Å²) in [6.45, 7) is 3.59. The van der Waals surface area contributed by atoms with E-state index >= 15 is 0 Å². The molecule has 1 atom stereocenters. The van der Waals surface area contributed by atoms with Gasteiger partial charge in [0.2, 0.25) is 0 Å². The molecule has 0 bridgehead atoms. The van der Waals surface area contributed by atoms with Gasteiger partial charge in [-0.15, -0.1) is 0 Å². The molecule has 1 aromatic rings. The van der Waals surface area contributed by atoms with Crippen LogP contribution in [0.3, 0.4) is 0 Å². The summed E-state index contributed by atoms with van der Waals surface area (Å²) < 4.78 is 5.27. The van der Waals surface area contributed by atoms with Crippen molar-refractivity contribution < 1.29 is 4.74 Å². The van der Waals surface area contributed by atoms with Crippen LogP contribution < -0.4 is 10.1 Å². The van der Waals surface area contributed by atoms with Crippen molar-refractivity contribution >= 4 is 0 Å². The number of rotatable bonds is 6. The molecule has 2 nitrogen and oxygen atoms in total. The van der Waals surface area contributed by atoms with Gasteiger partial charge in [-0.1, -0.05) is 31.9 Å². The molecule has 0 aromatic heterocycles. The number of nitrogens with one attached hydrogen (secondary N) is 1. The lowest BCUT2D eigenvalue weighted by Gasteiger charge is -2.28. The van der Waals surface area contributed by atoms with E-state index in [1.165, 1.54) is 50.6 Å². The Bertz CT molecular complexity index is 429. The normalized spacial score (nSPS) is 27.3. The van der Waals surface area contributed by atoms with Crippen LogP contribution in [0.5, 0.6) is 5.75 Å². The van der Waals surface area contributed by atoms with Crippen molar-refractivity contribution in [3.63, 3.8) is 0 Å². The van der Waals surface area contributed by atoms with Crippen molar-refractivity contribution in [3.05, 3.63) is 29.8 Å². The van der Waals surface area contributed by atoms with E-state index in [1.54, 1.807) is 7.11 Å². The Hall–Kier alpha value is -1.02. The van der Waals surface area contributed by atoms with Crippen molar-refractivity contribution in [2.45, 2.75) is 51.5 Å². The van der Waals surface area contributed by atoms with Gasteiger partial charge in [0.15, 0.2) is 0 Å². The number of methoxy groups -OCH3 is 1. The maximum absolute atomic E-state index is 5.27. The van der Waals surface area contributed by atoms with Crippen molar-refractivity contribution in [1.29, 1.82) is 0 Å². The number of hydrogen-bond donors (Lipinski definition) is 1. The molecule has 2 aliphatic carbocycles. The molecule has 21 heavy (non-hydrogen) atoms. The maximum Gasteiger partial charge on any atom is 0.118 e. The first kappa shape index (κ1) is 14.9. The summed E-state index contributed by atoms with van der Waals surface area (Å²) >= 11 is 0. The Kier molecular flexibility index (Phi) is 4.84. The second-order valence-electron chi connectivity index (χ2n) is 7.12. The SMILES string of the molecule is COc1ccc(C(NCC2CCC(C)CC2)C2CC2)cc1. The summed E-state index contributed by atoms with van der Waals surface area (Å²) in [4.78, 5) is 0. The topological polar surface area (TPSA) is 21.3 Å². The molecule has 2 aliphatic rings. The summed E-state index contributed by atoms with van der Waals surface area (Å²) in [6, 6.07) is 9.20. The lowest BCUT2D eigenvalue weighted by atomic mass is 9.83. The quantitative estimate of drug-likeness (QED) is 0.828. The maximum atomic E-state index is 5.27. The second-order valence-corrected chi connectivity index (χ2v) is 7.12. The van der Waals surface area contributed by atoms with Crippen molar-refractivity contribution in [2.24, 2.45) is 17.8 Å². The average molecular weight is 287 g/mol. The molecule has 0 heterocycles. The lowest BCUT2D eigenvalue weighted by molar-refractivity contribution is 0.270. The fourth-order valence-electron chi connectivity index (χ4n) is 3.62. The molecule has 0 spiro atoms. The Morgan fingerprint density at radius 2 is 1.71 bits per heavy atom. The Morgan fingerprint density at radius 1 is 1.05 bits per heavy atom. The van der Waals surface area contributed by atoms with Crippen LogP contribution in [0.1, 0.15) is 57.1 Å². The molecule has 2 heteroatoms. The van der Waals surface area contributed by atoms with Gasteiger partial charge >= 0.3 is 0 Å². The lowest BCUT2D eigenvalue weighted by Crippen LogP contribution is -2.30. The molecule has 1 unspecified atom stereocenters. The fourth-order valence-corrected chi connectivity index (χ4v) is 3.62. The molecule has 1 N–H and O–H groups in total. The van der Waals surface area contributed by atoms with Crippen LogP contribution in [0.25, 0.3) is 0 Å². The van der Waals surface area contributed by atoms with Crippen LogP contribution in [-0.2, 0) is 0 Å². The van der Waals surface area contributed by atoms with Crippen LogP contribution >= 0.6 is 0 Å². The highest BCUT2D eigenvalue weighted by Crippen LogP contribution is 2.41. The van der Waals surface area contributed by atoms with Crippen molar-refractivity contribution in [3.8, 4) is 5.75 Å². The largest absolute Gasteiger partial charge is 0.497 e. The molecule has 0 aliphatic heterocycles. The first-order valence-corrected chi connectivity index (χ1v) is 8.63. The molecular weight excluding hydrogens is 258 g/mol. The van der Waals surface area contributed by atoms with E-state index in [4.69, 9.17) is 4.74 Å². The van der Waals surface area contributed by atoms with Crippen molar-refractivity contribution in [2.75, 3.05) is 13.7 Å². The minimum absolute atomic E-state index is 0.551. The van der Waals surface area contributed by atoms with Gasteiger partial charge in [0.05, 0.1) is 7.11 Å². The summed E-state index contributed by atoms with van der Waals surface area (Å²) in [5, 5.41) is 3.88. The van der Waals surface area contributed by atoms with Crippen molar-refractivity contribution in [1.82, 2.24) is 5.32 Å². The monoisotopic (exact) mass is 287 g/mol. The van der Waals surface area contributed by atoms with E-state index in [2.05, 4.69) is 36.5 Å². The van der Waals surface area contributed by atoms with Crippen LogP contribution in [0.4, 0.5) is 0 Å². The zero-order chi connectivity index (χ0) is 14.7. The van der Waals surface area contributed by atoms with Crippen LogP contribution in [0.15, 0.2) is 24.3 Å². The zero-order valence-corrected chi connectivity index (χ0v) is 13.5. The van der Waals surface area contributed by atoms with Gasteiger partial charge < -0.3 is 10.1 Å². The molecular formula is C19H29NO. The first-order chi connectivity index (χ1) is 10.3. The standard InChI is InChI=1S/C19H29NO/c1-14-3-5-15(6-4-14)13-20-19(16-7-8-16)17-9-11-18(21-2)12-10-17/h9-12,14-16,19-20H,3-8,13H2,1-2H3. The molecule has 3 rings (SSSR count). The third kappa shape index (κ3) is 4.00. The van der Waals surface area contributed by atoms with Gasteiger partial charge in [-0.25, -0.2) is 0 Å². The van der Waals surface area contributed by atoms with Crippen LogP contribution in [0.2, 0.25) is 0 Å². The van der Waals surface area contributed by atoms with E-state index in [1.807, 2.05) is 0 Å². The summed E-state index contributed by atoms with van der Waals surface area (Å²) in [5.41, 5.74) is 1.43. The average Bonchev–Trinajstić information content (AvgIpc) is 3.35. The van der Waals surface area contributed by atoms with Gasteiger partial charge in [0.25, 0.3) is 0 Å². The predicted octanol–water partition coefficient (Wildman–Crippen LogP) is 4.56. The molecule has 0 radical (unpaired) electrons. The summed E-state index contributed by atoms with van der Waals surface area (Å²) in [6.07, 6.45) is 8.42. The van der Waals surface area contributed by atoms with E-state index in [0.29, 0.717) is 6.04 Å². The smallest absolute Gasteiger partial charge is 0.118 e. The number of hydrogen-bond acceptors (Lipinski definition) is 2. The fraction of sp³-hybridized carbons (Fsp3) is 0.684. The molecule has 1 aromatic carbocycles. The van der Waals surface area contributed by atoms with E-state index < -0.39 is 0 Å². The van der Waals surface area contributed by atoms with Gasteiger partial charge in [-0.2, -0.15) is 0 Å². The van der Waals surface area contributed by atoms with E-state index in [9.17, 15) is 0 Å². The second kappa shape index (κ2) is 6.83. The zero-order valence-electron chi connectivity index (χ0n) is 13.5. The molecule has 116 valence electrons. The third-order valence-electron chi connectivity index (χ3n) is 5.33. The molecule has 2 fully saturated rings. The number of benzene rings is 1. The highest BCUT2D eigenvalue weighted by atomic mass is 16.5. The number of ether oxygens (including phenoxy) is 1. The molecule has 2 saturated carbocycles. The van der Waals surface area contributed by atoms with E-state index in [-0.39, 0.29) is 0 Å². The Balaban J connectivity index is 1.57. The third-order valence-corrected chi connectivity index (χ3v) is 5.33. The van der Waals surface area contributed by atoms with Gasteiger partial charge in [-0.05, 0) is 67.7 Å². The van der Waals surface area contributed by atoms with Crippen LogP contribution in [-0.4, -0.2) is 13.7 Å². The Morgan fingerprint density at radius 3 is 2.29 bits per heavy atom. The minimum atomic E-state index is 0.551. The first-order valence-electron chi connectivity index (χ1n) is 8.63. The van der Waals surface area contributed by atoms with E-state index in [0.717, 1.165) is 23.5 Å². The van der Waals surface area contributed by atoms with Gasteiger partial charge in [0, 0.05) is 6.04 Å². The minimum Gasteiger partial charge on any atom is -0.497 e. The summed E-state index contributed by atoms with van der Waals surface area (Å²) in [5.74, 6) is 3.64. The highest BCUT2D eigenvalue weighted by Gasteiger charge is 2.32. The van der Waals surface area contributed by atoms with Gasteiger partial charge in [0.1, 0.15) is 5.75 Å².